The molecule has 3 aromatic heterocycles. The average Bonchev–Trinajstić information content (AvgIpc) is 3.14. The minimum Gasteiger partial charge on any atom is -0.301 e. The van der Waals surface area contributed by atoms with Gasteiger partial charge in [-0.3, -0.25) is 4.68 Å². The summed E-state index contributed by atoms with van der Waals surface area (Å²) in [6.45, 7) is 2.89. The summed E-state index contributed by atoms with van der Waals surface area (Å²) in [5.74, 6) is 0. The van der Waals surface area contributed by atoms with E-state index in [0.29, 0.717) is 0 Å². The van der Waals surface area contributed by atoms with Gasteiger partial charge in [-0.15, -0.1) is 22.7 Å². The molecule has 20 heavy (non-hydrogen) atoms. The molecule has 3 nitrogen and oxygen atoms in total. The summed E-state index contributed by atoms with van der Waals surface area (Å²) < 4.78 is 1.87. The summed E-state index contributed by atoms with van der Waals surface area (Å²) >= 11 is 3.59. The predicted molar refractivity (Wildman–Crippen MR) is 85.3 cm³/mol. The molecule has 3 aromatic rings. The predicted octanol–water partition coefficient (Wildman–Crippen LogP) is 3.73. The minimum absolute atomic E-state index is 0.273. The Morgan fingerprint density at radius 3 is 2.30 bits per heavy atom. The van der Waals surface area contributed by atoms with Crippen LogP contribution >= 0.6 is 22.7 Å². The summed E-state index contributed by atoms with van der Waals surface area (Å²) in [6, 6.07) is 8.88. The van der Waals surface area contributed by atoms with E-state index in [1.807, 2.05) is 11.7 Å². The van der Waals surface area contributed by atoms with Crippen molar-refractivity contribution in [2.45, 2.75) is 19.5 Å². The van der Waals surface area contributed by atoms with Crippen LogP contribution in [0.1, 0.15) is 27.1 Å². The lowest BCUT2D eigenvalue weighted by Crippen LogP contribution is -2.20. The highest BCUT2D eigenvalue weighted by Gasteiger charge is 2.16. The van der Waals surface area contributed by atoms with Crippen LogP contribution < -0.4 is 5.32 Å². The van der Waals surface area contributed by atoms with Crippen molar-refractivity contribution in [2.24, 2.45) is 7.05 Å². The molecule has 1 N–H and O–H groups in total. The number of aryl methyl sites for hydroxylation is 2. The van der Waals surface area contributed by atoms with Crippen molar-refractivity contribution >= 4 is 22.7 Å². The highest BCUT2D eigenvalue weighted by molar-refractivity contribution is 7.11. The lowest BCUT2D eigenvalue weighted by atomic mass is 10.2. The average molecular weight is 303 g/mol. The van der Waals surface area contributed by atoms with Gasteiger partial charge in [-0.1, -0.05) is 12.1 Å². The van der Waals surface area contributed by atoms with Gasteiger partial charge < -0.3 is 5.32 Å². The van der Waals surface area contributed by atoms with Crippen LogP contribution in [0.25, 0.3) is 0 Å². The van der Waals surface area contributed by atoms with Crippen LogP contribution in [0.4, 0.5) is 0 Å². The van der Waals surface area contributed by atoms with E-state index in [9.17, 15) is 0 Å². The molecule has 0 atom stereocenters. The van der Waals surface area contributed by atoms with Crippen LogP contribution in [0, 0.1) is 6.92 Å². The Morgan fingerprint density at radius 2 is 1.85 bits per heavy atom. The molecule has 0 aliphatic carbocycles. The molecule has 0 unspecified atom stereocenters. The maximum Gasteiger partial charge on any atom is 0.0767 e. The maximum atomic E-state index is 4.40. The molecule has 0 bridgehead atoms. The number of nitrogens with zero attached hydrogens (tertiary/aromatic N) is 2. The summed E-state index contributed by atoms with van der Waals surface area (Å²) in [6.07, 6.45) is 2.09. The van der Waals surface area contributed by atoms with Gasteiger partial charge in [0.2, 0.25) is 0 Å². The lowest BCUT2D eigenvalue weighted by Gasteiger charge is -2.15. The Kier molecular flexibility index (Phi) is 4.00. The quantitative estimate of drug-likeness (QED) is 0.778. The standard InChI is InChI=1S/C15H17N3S2/c1-11-12(10-18(2)17-11)9-16-15(13-5-3-7-19-13)14-6-4-8-20-14/h3-8,10,15-16H,9H2,1-2H3. The number of rotatable bonds is 5. The molecule has 0 aliphatic rings. The first-order valence-corrected chi connectivity index (χ1v) is 8.29. The van der Waals surface area contributed by atoms with E-state index in [1.54, 1.807) is 22.7 Å². The molecule has 3 heterocycles. The molecule has 0 saturated carbocycles. The number of aromatic nitrogens is 2. The van der Waals surface area contributed by atoms with E-state index >= 15 is 0 Å². The van der Waals surface area contributed by atoms with Gasteiger partial charge in [-0.25, -0.2) is 0 Å². The van der Waals surface area contributed by atoms with Gasteiger partial charge >= 0.3 is 0 Å². The Labute approximate surface area is 126 Å². The fraction of sp³-hybridized carbons (Fsp3) is 0.267. The van der Waals surface area contributed by atoms with Crippen LogP contribution in [0.3, 0.4) is 0 Å². The number of hydrogen-bond donors (Lipinski definition) is 1. The molecule has 104 valence electrons. The number of nitrogens with one attached hydrogen (secondary N) is 1. The molecule has 5 heteroatoms. The first-order chi connectivity index (χ1) is 9.74. The van der Waals surface area contributed by atoms with E-state index in [1.165, 1.54) is 15.3 Å². The van der Waals surface area contributed by atoms with Crippen LogP contribution in [0.2, 0.25) is 0 Å². The second-order valence-electron chi connectivity index (χ2n) is 4.76. The van der Waals surface area contributed by atoms with Gasteiger partial charge in [-0.05, 0) is 29.8 Å². The van der Waals surface area contributed by atoms with Crippen LogP contribution in [-0.4, -0.2) is 9.78 Å². The van der Waals surface area contributed by atoms with E-state index in [-0.39, 0.29) is 6.04 Å². The Morgan fingerprint density at radius 1 is 1.20 bits per heavy atom. The SMILES string of the molecule is Cc1nn(C)cc1CNC(c1cccs1)c1cccs1. The normalized spacial score (nSPS) is 11.3. The first kappa shape index (κ1) is 13.5. The van der Waals surface area contributed by atoms with Crippen molar-refractivity contribution in [3.63, 3.8) is 0 Å². The monoisotopic (exact) mass is 303 g/mol. The fourth-order valence-corrected chi connectivity index (χ4v) is 4.00. The van der Waals surface area contributed by atoms with Crippen LogP contribution in [0.15, 0.2) is 41.2 Å². The highest BCUT2D eigenvalue weighted by Crippen LogP contribution is 2.29. The summed E-state index contributed by atoms with van der Waals surface area (Å²) in [7, 11) is 1.96. The Balaban J connectivity index is 1.79. The zero-order valence-electron chi connectivity index (χ0n) is 11.5. The van der Waals surface area contributed by atoms with E-state index in [4.69, 9.17) is 0 Å². The molecule has 0 amide bonds. The van der Waals surface area contributed by atoms with E-state index < -0.39 is 0 Å². The van der Waals surface area contributed by atoms with Crippen LogP contribution in [-0.2, 0) is 13.6 Å². The van der Waals surface area contributed by atoms with Gasteiger partial charge in [0.15, 0.2) is 0 Å². The van der Waals surface area contributed by atoms with Crippen LogP contribution in [0.5, 0.6) is 0 Å². The van der Waals surface area contributed by atoms with E-state index in [0.717, 1.165) is 12.2 Å². The van der Waals surface area contributed by atoms with Crippen molar-refractivity contribution in [1.29, 1.82) is 0 Å². The smallest absolute Gasteiger partial charge is 0.0767 e. The Hall–Kier alpha value is -1.43. The second kappa shape index (κ2) is 5.91. The minimum atomic E-state index is 0.273. The molecule has 3 rings (SSSR count). The first-order valence-electron chi connectivity index (χ1n) is 6.53. The van der Waals surface area contributed by atoms with Crippen molar-refractivity contribution in [1.82, 2.24) is 15.1 Å². The van der Waals surface area contributed by atoms with Gasteiger partial charge in [0.1, 0.15) is 0 Å². The van der Waals surface area contributed by atoms with Crippen molar-refractivity contribution in [3.05, 3.63) is 62.2 Å². The number of thiophene rings is 2. The topological polar surface area (TPSA) is 29.9 Å². The zero-order chi connectivity index (χ0) is 13.9. The molecule has 0 aliphatic heterocycles. The third kappa shape index (κ3) is 2.85. The number of hydrogen-bond acceptors (Lipinski definition) is 4. The second-order valence-corrected chi connectivity index (χ2v) is 6.72. The third-order valence-corrected chi connectivity index (χ3v) is 5.14. The van der Waals surface area contributed by atoms with Gasteiger partial charge in [0.25, 0.3) is 0 Å². The van der Waals surface area contributed by atoms with Crippen molar-refractivity contribution in [3.8, 4) is 0 Å². The highest BCUT2D eigenvalue weighted by atomic mass is 32.1. The van der Waals surface area contributed by atoms with Gasteiger partial charge in [0, 0.05) is 35.1 Å². The summed E-state index contributed by atoms with van der Waals surface area (Å²) in [5.41, 5.74) is 2.35. The van der Waals surface area contributed by atoms with Gasteiger partial charge in [0.05, 0.1) is 11.7 Å². The Bertz CT molecular complexity index is 619. The molecular formula is C15H17N3S2. The molecule has 0 fully saturated rings. The third-order valence-electron chi connectivity index (χ3n) is 3.27. The molecule has 0 saturated heterocycles. The largest absolute Gasteiger partial charge is 0.301 e. The lowest BCUT2D eigenvalue weighted by molar-refractivity contribution is 0.619. The van der Waals surface area contributed by atoms with Gasteiger partial charge in [-0.2, -0.15) is 5.10 Å². The fourth-order valence-electron chi connectivity index (χ4n) is 2.29. The molecule has 0 aromatic carbocycles. The molecular weight excluding hydrogens is 286 g/mol. The zero-order valence-corrected chi connectivity index (χ0v) is 13.2. The maximum absolute atomic E-state index is 4.40. The van der Waals surface area contributed by atoms with E-state index in [2.05, 4.69) is 58.6 Å². The van der Waals surface area contributed by atoms with Crippen molar-refractivity contribution < 1.29 is 0 Å². The summed E-state index contributed by atoms with van der Waals surface area (Å²) in [5, 5.41) is 12.3. The molecule has 0 spiro atoms. The summed E-state index contributed by atoms with van der Waals surface area (Å²) in [4.78, 5) is 2.71. The van der Waals surface area contributed by atoms with Crippen molar-refractivity contribution in [2.75, 3.05) is 0 Å². The molecule has 0 radical (unpaired) electrons.